The van der Waals surface area contributed by atoms with Gasteiger partial charge < -0.3 is 4.74 Å². The van der Waals surface area contributed by atoms with Gasteiger partial charge >= 0.3 is 6.09 Å². The first kappa shape index (κ1) is 16.6. The van der Waals surface area contributed by atoms with E-state index in [1.165, 1.54) is 5.56 Å². The standard InChI is InChI=1S/C18H20BrNO2/c1-11(2)14-5-7-15(8-6-14)20-18(21)22-17-10-12(3)16(19)9-13(17)4/h5-11H,1-4H3,(H,20,21). The molecule has 2 aromatic carbocycles. The van der Waals surface area contributed by atoms with E-state index in [9.17, 15) is 4.79 Å². The second kappa shape index (κ2) is 6.97. The molecule has 0 bridgehead atoms. The van der Waals surface area contributed by atoms with Gasteiger partial charge in [-0.25, -0.2) is 4.79 Å². The first-order chi connectivity index (χ1) is 10.4. The molecule has 0 aliphatic carbocycles. The fraction of sp³-hybridized carbons (Fsp3) is 0.278. The average Bonchev–Trinajstić information content (AvgIpc) is 2.45. The van der Waals surface area contributed by atoms with E-state index in [0.717, 1.165) is 21.3 Å². The molecule has 0 heterocycles. The van der Waals surface area contributed by atoms with E-state index in [1.807, 2.05) is 50.2 Å². The van der Waals surface area contributed by atoms with Crippen molar-refractivity contribution < 1.29 is 9.53 Å². The summed E-state index contributed by atoms with van der Waals surface area (Å²) >= 11 is 3.46. The first-order valence-electron chi connectivity index (χ1n) is 7.22. The van der Waals surface area contributed by atoms with Gasteiger partial charge in [0.1, 0.15) is 5.75 Å². The SMILES string of the molecule is Cc1cc(OC(=O)Nc2ccc(C(C)C)cc2)c(C)cc1Br. The van der Waals surface area contributed by atoms with Crippen LogP contribution >= 0.6 is 15.9 Å². The third kappa shape index (κ3) is 4.10. The van der Waals surface area contributed by atoms with Gasteiger partial charge in [0.05, 0.1) is 0 Å². The largest absolute Gasteiger partial charge is 0.417 e. The molecule has 3 nitrogen and oxygen atoms in total. The third-order valence-corrected chi connectivity index (χ3v) is 4.34. The Morgan fingerprint density at radius 3 is 2.32 bits per heavy atom. The molecular weight excluding hydrogens is 342 g/mol. The van der Waals surface area contributed by atoms with E-state index < -0.39 is 6.09 Å². The zero-order valence-electron chi connectivity index (χ0n) is 13.2. The van der Waals surface area contributed by atoms with Crippen molar-refractivity contribution in [3.63, 3.8) is 0 Å². The second-order valence-corrected chi connectivity index (χ2v) is 6.51. The number of halogens is 1. The molecule has 0 aliphatic heterocycles. The van der Waals surface area contributed by atoms with Gasteiger partial charge in [-0.1, -0.05) is 41.9 Å². The highest BCUT2D eigenvalue weighted by atomic mass is 79.9. The van der Waals surface area contributed by atoms with Crippen LogP contribution in [0.1, 0.15) is 36.5 Å². The van der Waals surface area contributed by atoms with Gasteiger partial charge in [-0.2, -0.15) is 0 Å². The van der Waals surface area contributed by atoms with Crippen LogP contribution in [0.4, 0.5) is 10.5 Å². The van der Waals surface area contributed by atoms with Gasteiger partial charge in [0.2, 0.25) is 0 Å². The number of rotatable bonds is 3. The summed E-state index contributed by atoms with van der Waals surface area (Å²) in [6, 6.07) is 11.6. The predicted molar refractivity (Wildman–Crippen MR) is 93.8 cm³/mol. The molecule has 1 amide bonds. The van der Waals surface area contributed by atoms with Crippen molar-refractivity contribution in [3.05, 3.63) is 57.6 Å². The molecule has 0 saturated heterocycles. The molecule has 116 valence electrons. The minimum absolute atomic E-state index is 0.467. The van der Waals surface area contributed by atoms with E-state index >= 15 is 0 Å². The maximum Gasteiger partial charge on any atom is 0.417 e. The topological polar surface area (TPSA) is 38.3 Å². The predicted octanol–water partition coefficient (Wildman–Crippen LogP) is 5.80. The highest BCUT2D eigenvalue weighted by Crippen LogP contribution is 2.26. The van der Waals surface area contributed by atoms with Gasteiger partial charge in [0.25, 0.3) is 0 Å². The molecule has 0 fully saturated rings. The summed E-state index contributed by atoms with van der Waals surface area (Å²) in [7, 11) is 0. The van der Waals surface area contributed by atoms with Crippen molar-refractivity contribution in [1.29, 1.82) is 0 Å². The Morgan fingerprint density at radius 2 is 1.73 bits per heavy atom. The number of hydrogen-bond donors (Lipinski definition) is 1. The van der Waals surface area contributed by atoms with Crippen LogP contribution in [0.25, 0.3) is 0 Å². The molecular formula is C18H20BrNO2. The van der Waals surface area contributed by atoms with Crippen molar-refractivity contribution >= 4 is 27.7 Å². The zero-order chi connectivity index (χ0) is 16.3. The number of carbonyl (C=O) groups excluding carboxylic acids is 1. The van der Waals surface area contributed by atoms with Crippen LogP contribution in [-0.2, 0) is 0 Å². The fourth-order valence-corrected chi connectivity index (χ4v) is 2.52. The number of benzene rings is 2. The van der Waals surface area contributed by atoms with E-state index in [4.69, 9.17) is 4.74 Å². The fourth-order valence-electron chi connectivity index (χ4n) is 2.06. The quantitative estimate of drug-likeness (QED) is 0.749. The maximum atomic E-state index is 12.0. The summed E-state index contributed by atoms with van der Waals surface area (Å²) in [5, 5.41) is 2.74. The van der Waals surface area contributed by atoms with Crippen molar-refractivity contribution in [1.82, 2.24) is 0 Å². The van der Waals surface area contributed by atoms with Crippen LogP contribution in [0, 0.1) is 13.8 Å². The van der Waals surface area contributed by atoms with Crippen LogP contribution in [0.15, 0.2) is 40.9 Å². The molecule has 1 N–H and O–H groups in total. The normalized spacial score (nSPS) is 10.6. The smallest absolute Gasteiger partial charge is 0.410 e. The molecule has 0 saturated carbocycles. The number of amides is 1. The summed E-state index contributed by atoms with van der Waals surface area (Å²) in [4.78, 5) is 12.0. The third-order valence-electron chi connectivity index (χ3n) is 3.48. The van der Waals surface area contributed by atoms with Crippen LogP contribution in [-0.4, -0.2) is 6.09 Å². The zero-order valence-corrected chi connectivity index (χ0v) is 14.8. The maximum absolute atomic E-state index is 12.0. The molecule has 0 spiro atoms. The van der Waals surface area contributed by atoms with E-state index in [2.05, 4.69) is 35.1 Å². The molecule has 0 aliphatic rings. The van der Waals surface area contributed by atoms with Gasteiger partial charge in [-0.3, -0.25) is 5.32 Å². The van der Waals surface area contributed by atoms with Crippen LogP contribution in [0.3, 0.4) is 0 Å². The Bertz CT molecular complexity index is 678. The van der Waals surface area contributed by atoms with Crippen LogP contribution in [0.5, 0.6) is 5.75 Å². The van der Waals surface area contributed by atoms with E-state index in [-0.39, 0.29) is 0 Å². The first-order valence-corrected chi connectivity index (χ1v) is 8.01. The lowest BCUT2D eigenvalue weighted by atomic mass is 10.0. The Hall–Kier alpha value is -1.81. The highest BCUT2D eigenvalue weighted by Gasteiger charge is 2.10. The monoisotopic (exact) mass is 361 g/mol. The summed E-state index contributed by atoms with van der Waals surface area (Å²) in [5.74, 6) is 1.03. The van der Waals surface area contributed by atoms with Crippen LogP contribution < -0.4 is 10.1 Å². The molecule has 0 aromatic heterocycles. The molecule has 0 atom stereocenters. The Morgan fingerprint density at radius 1 is 1.09 bits per heavy atom. The molecule has 2 aromatic rings. The molecule has 0 radical (unpaired) electrons. The summed E-state index contributed by atoms with van der Waals surface area (Å²) in [6.07, 6.45) is -0.484. The van der Waals surface area contributed by atoms with Crippen molar-refractivity contribution in [2.75, 3.05) is 5.32 Å². The lowest BCUT2D eigenvalue weighted by molar-refractivity contribution is 0.215. The Labute approximate surface area is 139 Å². The number of anilines is 1. The molecule has 22 heavy (non-hydrogen) atoms. The van der Waals surface area contributed by atoms with Gasteiger partial charge in [-0.15, -0.1) is 0 Å². The summed E-state index contributed by atoms with van der Waals surface area (Å²) in [6.45, 7) is 8.13. The number of nitrogens with one attached hydrogen (secondary N) is 1. The Kier molecular flexibility index (Phi) is 5.24. The average molecular weight is 362 g/mol. The second-order valence-electron chi connectivity index (χ2n) is 5.66. The van der Waals surface area contributed by atoms with E-state index in [0.29, 0.717) is 11.7 Å². The lowest BCUT2D eigenvalue weighted by Crippen LogP contribution is -2.17. The van der Waals surface area contributed by atoms with Gasteiger partial charge in [-0.05, 0) is 60.7 Å². The summed E-state index contributed by atoms with van der Waals surface area (Å²) in [5.41, 5.74) is 3.89. The van der Waals surface area contributed by atoms with Crippen molar-refractivity contribution in [2.24, 2.45) is 0 Å². The lowest BCUT2D eigenvalue weighted by Gasteiger charge is -2.11. The van der Waals surface area contributed by atoms with Gasteiger partial charge in [0.15, 0.2) is 0 Å². The molecule has 4 heteroatoms. The number of carbonyl (C=O) groups is 1. The number of aryl methyl sites for hydroxylation is 2. The summed E-state index contributed by atoms with van der Waals surface area (Å²) < 4.78 is 6.39. The van der Waals surface area contributed by atoms with Gasteiger partial charge in [0, 0.05) is 10.2 Å². The highest BCUT2D eigenvalue weighted by molar-refractivity contribution is 9.10. The minimum atomic E-state index is -0.484. The number of ether oxygens (including phenoxy) is 1. The van der Waals surface area contributed by atoms with E-state index in [1.54, 1.807) is 0 Å². The van der Waals surface area contributed by atoms with Crippen molar-refractivity contribution in [3.8, 4) is 5.75 Å². The molecule has 0 unspecified atom stereocenters. The number of hydrogen-bond acceptors (Lipinski definition) is 2. The van der Waals surface area contributed by atoms with Crippen LogP contribution in [0.2, 0.25) is 0 Å². The van der Waals surface area contributed by atoms with Crippen molar-refractivity contribution in [2.45, 2.75) is 33.6 Å². The molecule has 2 rings (SSSR count). The Balaban J connectivity index is 2.05. The minimum Gasteiger partial charge on any atom is -0.410 e.